The third-order valence-electron chi connectivity index (χ3n) is 4.34. The summed E-state index contributed by atoms with van der Waals surface area (Å²) < 4.78 is 28.3. The van der Waals surface area contributed by atoms with Gasteiger partial charge in [-0.15, -0.1) is 0 Å². The van der Waals surface area contributed by atoms with Crippen LogP contribution in [0.3, 0.4) is 0 Å². The first-order chi connectivity index (χ1) is 9.94. The average molecular weight is 312 g/mol. The van der Waals surface area contributed by atoms with Gasteiger partial charge in [-0.2, -0.15) is 0 Å². The Morgan fingerprint density at radius 2 is 2.29 bits per heavy atom. The molecule has 2 aliphatic heterocycles. The maximum atomic E-state index is 12.5. The Morgan fingerprint density at radius 3 is 2.90 bits per heavy atom. The minimum Gasteiger partial charge on any atom is -0.359 e. The van der Waals surface area contributed by atoms with Crippen LogP contribution in [0.5, 0.6) is 0 Å². The first-order valence-electron chi connectivity index (χ1n) is 7.38. The van der Waals surface area contributed by atoms with Crippen molar-refractivity contribution in [3.63, 3.8) is 0 Å². The van der Waals surface area contributed by atoms with E-state index in [0.29, 0.717) is 19.4 Å². The number of carbonyl (C=O) groups is 1. The Labute approximate surface area is 124 Å². The zero-order valence-corrected chi connectivity index (χ0v) is 12.9. The molecule has 1 aromatic heterocycles. The lowest BCUT2D eigenvalue weighted by Crippen LogP contribution is -2.32. The number of aromatic nitrogens is 1. The maximum Gasteiger partial charge on any atom is 0.223 e. The summed E-state index contributed by atoms with van der Waals surface area (Å²) in [5.41, 5.74) is 0.811. The van der Waals surface area contributed by atoms with Crippen molar-refractivity contribution in [1.82, 2.24) is 10.1 Å². The van der Waals surface area contributed by atoms with Gasteiger partial charge in [-0.05, 0) is 32.1 Å². The first kappa shape index (κ1) is 14.6. The van der Waals surface area contributed by atoms with Crippen molar-refractivity contribution in [1.29, 1.82) is 0 Å². The lowest BCUT2D eigenvalue weighted by atomic mass is 10.0. The Balaban J connectivity index is 1.66. The molecule has 0 unspecified atom stereocenters. The lowest BCUT2D eigenvalue weighted by molar-refractivity contribution is -0.133. The van der Waals surface area contributed by atoms with Gasteiger partial charge in [0.2, 0.25) is 5.91 Å². The van der Waals surface area contributed by atoms with Crippen molar-refractivity contribution in [2.45, 2.75) is 38.6 Å². The highest BCUT2D eigenvalue weighted by atomic mass is 32.2. The van der Waals surface area contributed by atoms with Gasteiger partial charge in [-0.3, -0.25) is 4.79 Å². The molecule has 7 heteroatoms. The van der Waals surface area contributed by atoms with E-state index in [4.69, 9.17) is 4.52 Å². The minimum atomic E-state index is -2.93. The summed E-state index contributed by atoms with van der Waals surface area (Å²) in [5, 5.41) is 3.89. The van der Waals surface area contributed by atoms with Crippen LogP contribution in [0.4, 0.5) is 0 Å². The van der Waals surface area contributed by atoms with Gasteiger partial charge in [-0.25, -0.2) is 8.42 Å². The van der Waals surface area contributed by atoms with Crippen LogP contribution in [-0.4, -0.2) is 42.4 Å². The molecule has 0 saturated carbocycles. The molecular weight excluding hydrogens is 292 g/mol. The molecule has 0 aromatic carbocycles. The number of rotatable bonds is 3. The second-order valence-electron chi connectivity index (χ2n) is 6.09. The summed E-state index contributed by atoms with van der Waals surface area (Å²) in [5.74, 6) is 1.11. The van der Waals surface area contributed by atoms with Gasteiger partial charge in [-0.1, -0.05) is 5.16 Å². The molecule has 3 heterocycles. The third kappa shape index (κ3) is 3.12. The van der Waals surface area contributed by atoms with Crippen LogP contribution in [0, 0.1) is 12.8 Å². The van der Waals surface area contributed by atoms with Crippen LogP contribution in [0.1, 0.15) is 43.2 Å². The standard InChI is InChI=1S/C14H20N2O4S/c1-10-7-13(20-15-10)12-3-2-5-16(12)14(17)8-11-4-6-21(18,19)9-11/h7,11-12H,2-6,8-9H2,1H3/t11-,12+/m0/s1. The molecule has 2 fully saturated rings. The predicted molar refractivity (Wildman–Crippen MR) is 76.3 cm³/mol. The molecule has 0 radical (unpaired) electrons. The summed E-state index contributed by atoms with van der Waals surface area (Å²) in [4.78, 5) is 14.3. The van der Waals surface area contributed by atoms with E-state index in [1.54, 1.807) is 0 Å². The van der Waals surface area contributed by atoms with Gasteiger partial charge < -0.3 is 9.42 Å². The number of carbonyl (C=O) groups excluding carboxylic acids is 1. The molecule has 0 aliphatic carbocycles. The molecule has 0 spiro atoms. The van der Waals surface area contributed by atoms with E-state index in [1.165, 1.54) is 0 Å². The molecule has 1 aromatic rings. The van der Waals surface area contributed by atoms with Crippen LogP contribution in [-0.2, 0) is 14.6 Å². The lowest BCUT2D eigenvalue weighted by Gasteiger charge is -2.23. The Morgan fingerprint density at radius 1 is 1.48 bits per heavy atom. The van der Waals surface area contributed by atoms with Crippen molar-refractivity contribution in [2.24, 2.45) is 5.92 Å². The summed E-state index contributed by atoms with van der Waals surface area (Å²) in [6, 6.07) is 1.83. The summed E-state index contributed by atoms with van der Waals surface area (Å²) >= 11 is 0. The van der Waals surface area contributed by atoms with E-state index in [2.05, 4.69) is 5.16 Å². The second kappa shape index (κ2) is 5.44. The average Bonchev–Trinajstić information content (AvgIpc) is 3.09. The monoisotopic (exact) mass is 312 g/mol. The van der Waals surface area contributed by atoms with Crippen molar-refractivity contribution in [3.8, 4) is 0 Å². The maximum absolute atomic E-state index is 12.5. The topological polar surface area (TPSA) is 80.5 Å². The molecule has 21 heavy (non-hydrogen) atoms. The number of amides is 1. The summed E-state index contributed by atoms with van der Waals surface area (Å²) in [6.07, 6.45) is 2.75. The smallest absolute Gasteiger partial charge is 0.223 e. The quantitative estimate of drug-likeness (QED) is 0.844. The van der Waals surface area contributed by atoms with Crippen molar-refractivity contribution in [2.75, 3.05) is 18.1 Å². The number of nitrogens with zero attached hydrogens (tertiary/aromatic N) is 2. The van der Waals surface area contributed by atoms with Gasteiger partial charge >= 0.3 is 0 Å². The zero-order chi connectivity index (χ0) is 15.0. The van der Waals surface area contributed by atoms with Crippen LogP contribution in [0.25, 0.3) is 0 Å². The molecule has 1 amide bonds. The fourth-order valence-corrected chi connectivity index (χ4v) is 5.16. The van der Waals surface area contributed by atoms with Gasteiger partial charge in [0.1, 0.15) is 0 Å². The highest BCUT2D eigenvalue weighted by Crippen LogP contribution is 2.34. The zero-order valence-electron chi connectivity index (χ0n) is 12.1. The fraction of sp³-hybridized carbons (Fsp3) is 0.714. The molecule has 2 atom stereocenters. The number of hydrogen-bond donors (Lipinski definition) is 0. The molecular formula is C14H20N2O4S. The summed E-state index contributed by atoms with van der Waals surface area (Å²) in [6.45, 7) is 2.57. The van der Waals surface area contributed by atoms with Gasteiger partial charge in [0.05, 0.1) is 23.2 Å². The largest absolute Gasteiger partial charge is 0.359 e. The van der Waals surface area contributed by atoms with Crippen LogP contribution in [0.15, 0.2) is 10.6 Å². The molecule has 3 rings (SSSR count). The Hall–Kier alpha value is -1.37. The Bertz CT molecular complexity index is 637. The van der Waals surface area contributed by atoms with Crippen molar-refractivity contribution in [3.05, 3.63) is 17.5 Å². The van der Waals surface area contributed by atoms with Gasteiger partial charge in [0, 0.05) is 19.0 Å². The van der Waals surface area contributed by atoms with Crippen LogP contribution in [0.2, 0.25) is 0 Å². The minimum absolute atomic E-state index is 0.0276. The van der Waals surface area contributed by atoms with Crippen LogP contribution >= 0.6 is 0 Å². The SMILES string of the molecule is Cc1cc([C@H]2CCCN2C(=O)C[C@@H]2CCS(=O)(=O)C2)on1. The van der Waals surface area contributed by atoms with E-state index < -0.39 is 9.84 Å². The van der Waals surface area contributed by atoms with E-state index in [9.17, 15) is 13.2 Å². The number of sulfone groups is 1. The van der Waals surface area contributed by atoms with Gasteiger partial charge in [0.15, 0.2) is 15.6 Å². The summed E-state index contributed by atoms with van der Waals surface area (Å²) in [7, 11) is -2.93. The number of aryl methyl sites for hydroxylation is 1. The van der Waals surface area contributed by atoms with E-state index in [0.717, 1.165) is 24.3 Å². The fourth-order valence-electron chi connectivity index (χ4n) is 3.30. The first-order valence-corrected chi connectivity index (χ1v) is 9.20. The normalized spacial score (nSPS) is 28.1. The molecule has 2 saturated heterocycles. The predicted octanol–water partition coefficient (Wildman–Crippen LogP) is 1.47. The molecule has 0 N–H and O–H groups in total. The molecule has 2 aliphatic rings. The number of hydrogen-bond acceptors (Lipinski definition) is 5. The number of likely N-dealkylation sites (tertiary alicyclic amines) is 1. The van der Waals surface area contributed by atoms with Crippen molar-refractivity contribution >= 4 is 15.7 Å². The van der Waals surface area contributed by atoms with E-state index >= 15 is 0 Å². The molecule has 0 bridgehead atoms. The third-order valence-corrected chi connectivity index (χ3v) is 6.17. The van der Waals surface area contributed by atoms with Crippen LogP contribution < -0.4 is 0 Å². The molecule has 116 valence electrons. The van der Waals surface area contributed by atoms with Crippen molar-refractivity contribution < 1.29 is 17.7 Å². The second-order valence-corrected chi connectivity index (χ2v) is 8.32. The highest BCUT2D eigenvalue weighted by molar-refractivity contribution is 7.91. The Kier molecular flexibility index (Phi) is 3.77. The van der Waals surface area contributed by atoms with E-state index in [-0.39, 0.29) is 29.4 Å². The van der Waals surface area contributed by atoms with E-state index in [1.807, 2.05) is 17.9 Å². The van der Waals surface area contributed by atoms with Gasteiger partial charge in [0.25, 0.3) is 0 Å². The molecule has 6 nitrogen and oxygen atoms in total. The highest BCUT2D eigenvalue weighted by Gasteiger charge is 2.36.